The Labute approximate surface area is 170 Å². The normalized spacial score (nSPS) is 14.7. The predicted molar refractivity (Wildman–Crippen MR) is 110 cm³/mol. The van der Waals surface area contributed by atoms with Crippen molar-refractivity contribution in [3.05, 3.63) is 23.2 Å². The summed E-state index contributed by atoms with van der Waals surface area (Å²) in [7, 11) is -1.69. The number of halogens is 1. The predicted octanol–water partition coefficient (Wildman–Crippen LogP) is 1.07. The van der Waals surface area contributed by atoms with Crippen LogP contribution in [0.15, 0.2) is 18.2 Å². The molecule has 1 aromatic rings. The Morgan fingerprint density at radius 1 is 1.39 bits per heavy atom. The van der Waals surface area contributed by atoms with Gasteiger partial charge in [0.2, 0.25) is 15.9 Å². The lowest BCUT2D eigenvalue weighted by atomic mass is 10.2. The van der Waals surface area contributed by atoms with Crippen molar-refractivity contribution in [2.45, 2.75) is 13.3 Å². The van der Waals surface area contributed by atoms with E-state index in [0.717, 1.165) is 5.69 Å². The number of sulfonamides is 1. The summed E-state index contributed by atoms with van der Waals surface area (Å²) in [6.07, 6.45) is 0.500. The average molecular weight is 432 g/mol. The molecular formula is C17H26ClN5O4S. The van der Waals surface area contributed by atoms with Crippen LogP contribution in [0.4, 0.5) is 16.2 Å². The van der Waals surface area contributed by atoms with Crippen molar-refractivity contribution in [2.24, 2.45) is 0 Å². The molecule has 1 fully saturated rings. The minimum Gasteiger partial charge on any atom is -0.359 e. The standard InChI is InChI=1S/C17H26ClN5O4S/c1-3-28(26,27)22(2)9-4-7-20-17(25)21-13-5-6-15(14(18)11-13)23-10-8-19-16(24)12-23/h5-6,11H,3-4,7-10,12H2,1-2H3,(H,19,24)(H2,20,21,25). The number of rotatable bonds is 8. The third-order valence-electron chi connectivity index (χ3n) is 4.36. The highest BCUT2D eigenvalue weighted by atomic mass is 35.5. The van der Waals surface area contributed by atoms with Crippen LogP contribution in [0.1, 0.15) is 13.3 Å². The Kier molecular flexibility index (Phi) is 7.90. The van der Waals surface area contributed by atoms with Crippen molar-refractivity contribution in [3.63, 3.8) is 0 Å². The Morgan fingerprint density at radius 2 is 2.14 bits per heavy atom. The fourth-order valence-corrected chi connectivity index (χ4v) is 3.87. The highest BCUT2D eigenvalue weighted by molar-refractivity contribution is 7.89. The maximum atomic E-state index is 12.0. The van der Waals surface area contributed by atoms with Crippen LogP contribution in [0.5, 0.6) is 0 Å². The average Bonchev–Trinajstić information content (AvgIpc) is 2.65. The van der Waals surface area contributed by atoms with Gasteiger partial charge in [0.15, 0.2) is 0 Å². The van der Waals surface area contributed by atoms with E-state index in [4.69, 9.17) is 11.6 Å². The van der Waals surface area contributed by atoms with E-state index in [1.807, 2.05) is 4.90 Å². The van der Waals surface area contributed by atoms with Crippen molar-refractivity contribution in [1.29, 1.82) is 0 Å². The molecule has 0 aliphatic carbocycles. The van der Waals surface area contributed by atoms with Crippen LogP contribution in [-0.2, 0) is 14.8 Å². The summed E-state index contributed by atoms with van der Waals surface area (Å²) in [6, 6.07) is 4.71. The van der Waals surface area contributed by atoms with Gasteiger partial charge < -0.3 is 20.9 Å². The van der Waals surface area contributed by atoms with Crippen molar-refractivity contribution >= 4 is 44.9 Å². The van der Waals surface area contributed by atoms with Gasteiger partial charge in [-0.3, -0.25) is 4.79 Å². The number of urea groups is 1. The van der Waals surface area contributed by atoms with Crippen LogP contribution < -0.4 is 20.9 Å². The molecule has 0 unspecified atom stereocenters. The molecule has 3 amide bonds. The molecular weight excluding hydrogens is 406 g/mol. The fraction of sp³-hybridized carbons (Fsp3) is 0.529. The number of nitrogens with zero attached hydrogens (tertiary/aromatic N) is 2. The van der Waals surface area contributed by atoms with Gasteiger partial charge in [0.25, 0.3) is 0 Å². The quantitative estimate of drug-likeness (QED) is 0.533. The Bertz CT molecular complexity index is 818. The van der Waals surface area contributed by atoms with Gasteiger partial charge in [0.05, 0.1) is 23.0 Å². The van der Waals surface area contributed by atoms with E-state index < -0.39 is 16.1 Å². The van der Waals surface area contributed by atoms with Crippen LogP contribution in [0, 0.1) is 0 Å². The summed E-state index contributed by atoms with van der Waals surface area (Å²) in [4.78, 5) is 25.4. The summed E-state index contributed by atoms with van der Waals surface area (Å²) in [5.41, 5.74) is 1.26. The summed E-state index contributed by atoms with van der Waals surface area (Å²) < 4.78 is 24.6. The number of hydrogen-bond donors (Lipinski definition) is 3. The number of benzene rings is 1. The molecule has 1 heterocycles. The van der Waals surface area contributed by atoms with Gasteiger partial charge in [-0.15, -0.1) is 0 Å². The van der Waals surface area contributed by atoms with E-state index in [2.05, 4.69) is 16.0 Å². The molecule has 3 N–H and O–H groups in total. The smallest absolute Gasteiger partial charge is 0.319 e. The van der Waals surface area contributed by atoms with E-state index in [1.54, 1.807) is 25.1 Å². The molecule has 11 heteroatoms. The monoisotopic (exact) mass is 431 g/mol. The lowest BCUT2D eigenvalue weighted by Crippen LogP contribution is -2.47. The molecule has 0 bridgehead atoms. The zero-order valence-corrected chi connectivity index (χ0v) is 17.6. The molecule has 28 heavy (non-hydrogen) atoms. The molecule has 0 radical (unpaired) electrons. The Balaban J connectivity index is 1.81. The van der Waals surface area contributed by atoms with Gasteiger partial charge in [-0.1, -0.05) is 11.6 Å². The zero-order chi connectivity index (χ0) is 20.7. The molecule has 1 aromatic carbocycles. The zero-order valence-electron chi connectivity index (χ0n) is 16.0. The first-order valence-corrected chi connectivity index (χ1v) is 11.0. The topological polar surface area (TPSA) is 111 Å². The van der Waals surface area contributed by atoms with Crippen molar-refractivity contribution in [1.82, 2.24) is 14.9 Å². The van der Waals surface area contributed by atoms with Gasteiger partial charge in [-0.25, -0.2) is 17.5 Å². The van der Waals surface area contributed by atoms with Gasteiger partial charge in [-0.05, 0) is 31.5 Å². The molecule has 156 valence electrons. The molecule has 0 saturated carbocycles. The number of nitrogens with one attached hydrogen (secondary N) is 3. The second-order valence-corrected chi connectivity index (χ2v) is 9.17. The SMILES string of the molecule is CCS(=O)(=O)N(C)CCCNC(=O)Nc1ccc(N2CCNC(=O)C2)c(Cl)c1. The number of hydrogen-bond acceptors (Lipinski definition) is 5. The number of carbonyl (C=O) groups excluding carboxylic acids is 2. The first kappa shape index (κ1) is 22.3. The van der Waals surface area contributed by atoms with E-state index in [-0.39, 0.29) is 18.2 Å². The largest absolute Gasteiger partial charge is 0.359 e. The van der Waals surface area contributed by atoms with Crippen LogP contribution in [0.3, 0.4) is 0 Å². The second-order valence-electron chi connectivity index (χ2n) is 6.39. The van der Waals surface area contributed by atoms with E-state index in [1.165, 1.54) is 11.4 Å². The highest BCUT2D eigenvalue weighted by Crippen LogP contribution is 2.29. The Hall–Kier alpha value is -2.04. The molecule has 2 rings (SSSR count). The van der Waals surface area contributed by atoms with Crippen LogP contribution in [-0.4, -0.2) is 70.2 Å². The summed E-state index contributed by atoms with van der Waals surface area (Å²) in [5.74, 6) is -0.00252. The third kappa shape index (κ3) is 6.25. The molecule has 0 aromatic heterocycles. The Morgan fingerprint density at radius 3 is 2.79 bits per heavy atom. The summed E-state index contributed by atoms with van der Waals surface area (Å²) in [6.45, 7) is 3.74. The van der Waals surface area contributed by atoms with E-state index >= 15 is 0 Å². The molecule has 9 nitrogen and oxygen atoms in total. The summed E-state index contributed by atoms with van der Waals surface area (Å²) >= 11 is 6.30. The number of amides is 3. The lowest BCUT2D eigenvalue weighted by molar-refractivity contribution is -0.120. The lowest BCUT2D eigenvalue weighted by Gasteiger charge is -2.29. The minimum absolute atomic E-state index is 0.0519. The van der Waals surface area contributed by atoms with Gasteiger partial charge in [0, 0.05) is 38.9 Å². The molecule has 1 aliphatic heterocycles. The van der Waals surface area contributed by atoms with Crippen LogP contribution in [0.25, 0.3) is 0 Å². The van der Waals surface area contributed by atoms with Crippen molar-refractivity contribution in [2.75, 3.05) is 55.7 Å². The third-order valence-corrected chi connectivity index (χ3v) is 6.52. The van der Waals surface area contributed by atoms with Gasteiger partial charge in [-0.2, -0.15) is 0 Å². The molecule has 0 atom stereocenters. The molecule has 1 aliphatic rings. The van der Waals surface area contributed by atoms with E-state index in [9.17, 15) is 18.0 Å². The minimum atomic E-state index is -3.21. The fourth-order valence-electron chi connectivity index (χ4n) is 2.72. The number of piperazine rings is 1. The van der Waals surface area contributed by atoms with Crippen LogP contribution >= 0.6 is 11.6 Å². The first-order valence-electron chi connectivity index (χ1n) is 9.03. The van der Waals surface area contributed by atoms with Crippen LogP contribution in [0.2, 0.25) is 5.02 Å². The molecule has 1 saturated heterocycles. The number of carbonyl (C=O) groups is 2. The number of anilines is 2. The summed E-state index contributed by atoms with van der Waals surface area (Å²) in [5, 5.41) is 8.57. The van der Waals surface area contributed by atoms with Crippen molar-refractivity contribution < 1.29 is 18.0 Å². The van der Waals surface area contributed by atoms with Crippen molar-refractivity contribution in [3.8, 4) is 0 Å². The maximum absolute atomic E-state index is 12.0. The van der Waals surface area contributed by atoms with Gasteiger partial charge >= 0.3 is 6.03 Å². The highest BCUT2D eigenvalue weighted by Gasteiger charge is 2.19. The maximum Gasteiger partial charge on any atom is 0.319 e. The first-order chi connectivity index (χ1) is 13.2. The van der Waals surface area contributed by atoms with E-state index in [0.29, 0.717) is 43.3 Å². The molecule has 0 spiro atoms. The van der Waals surface area contributed by atoms with Gasteiger partial charge in [0.1, 0.15) is 0 Å². The second kappa shape index (κ2) is 9.94.